The zero-order valence-electron chi connectivity index (χ0n) is 12.1. The fraction of sp³-hybridized carbons (Fsp3) is 0.353. The smallest absolute Gasteiger partial charge is 0.234 e. The minimum absolute atomic E-state index is 0.0922. The molecule has 1 amide bonds. The van der Waals surface area contributed by atoms with E-state index in [-0.39, 0.29) is 18.0 Å². The highest BCUT2D eigenvalue weighted by Gasteiger charge is 2.24. The number of hydrogen-bond donors (Lipinski definition) is 2. The number of primary amides is 1. The molecule has 2 atom stereocenters. The highest BCUT2D eigenvalue weighted by Crippen LogP contribution is 2.37. The molecule has 1 aliphatic rings. The molecule has 2 aromatic carbocycles. The third kappa shape index (κ3) is 2.72. The third-order valence-electron chi connectivity index (χ3n) is 4.05. The number of hydrogen-bond acceptors (Lipinski definition) is 3. The Morgan fingerprint density at radius 3 is 2.95 bits per heavy atom. The molecule has 3 N–H and O–H groups in total. The van der Waals surface area contributed by atoms with E-state index in [0.29, 0.717) is 6.61 Å². The standard InChI is InChI=1S/C17H20N2O2/c1-11(17(18)20)19-15-7-4-10-21-16-13-6-3-2-5-12(13)8-9-14(15)16/h2-3,5-6,8-9,11,15,19H,4,7,10H2,1H3,(H2,18,20)/t11-,15-/m0/s1. The summed E-state index contributed by atoms with van der Waals surface area (Å²) >= 11 is 0. The Morgan fingerprint density at radius 1 is 1.33 bits per heavy atom. The Hall–Kier alpha value is -2.07. The predicted molar refractivity (Wildman–Crippen MR) is 83.2 cm³/mol. The van der Waals surface area contributed by atoms with Gasteiger partial charge in [-0.15, -0.1) is 0 Å². The van der Waals surface area contributed by atoms with Crippen LogP contribution in [0.5, 0.6) is 5.75 Å². The molecule has 110 valence electrons. The SMILES string of the molecule is C[C@H](N[C@H]1CCCOc2c1ccc1ccccc21)C(N)=O. The van der Waals surface area contributed by atoms with E-state index in [4.69, 9.17) is 10.5 Å². The van der Waals surface area contributed by atoms with Gasteiger partial charge in [0.05, 0.1) is 12.6 Å². The van der Waals surface area contributed by atoms with Gasteiger partial charge in [0, 0.05) is 17.0 Å². The maximum absolute atomic E-state index is 11.3. The Balaban J connectivity index is 2.03. The van der Waals surface area contributed by atoms with Crippen molar-refractivity contribution in [3.8, 4) is 5.75 Å². The number of fused-ring (bicyclic) bond motifs is 3. The molecule has 1 aliphatic heterocycles. The van der Waals surface area contributed by atoms with Crippen molar-refractivity contribution in [2.75, 3.05) is 6.61 Å². The molecule has 0 unspecified atom stereocenters. The van der Waals surface area contributed by atoms with Crippen molar-refractivity contribution in [1.82, 2.24) is 5.32 Å². The van der Waals surface area contributed by atoms with Crippen LogP contribution in [0.25, 0.3) is 10.8 Å². The molecule has 0 aromatic heterocycles. The van der Waals surface area contributed by atoms with Gasteiger partial charge in [0.25, 0.3) is 0 Å². The first-order valence-electron chi connectivity index (χ1n) is 7.36. The number of rotatable bonds is 3. The van der Waals surface area contributed by atoms with E-state index in [2.05, 4.69) is 29.6 Å². The van der Waals surface area contributed by atoms with Gasteiger partial charge in [-0.2, -0.15) is 0 Å². The fourth-order valence-corrected chi connectivity index (χ4v) is 2.87. The topological polar surface area (TPSA) is 64.3 Å². The van der Waals surface area contributed by atoms with Gasteiger partial charge < -0.3 is 10.5 Å². The highest BCUT2D eigenvalue weighted by molar-refractivity contribution is 5.90. The second-order valence-electron chi connectivity index (χ2n) is 5.54. The summed E-state index contributed by atoms with van der Waals surface area (Å²) in [6.07, 6.45) is 1.88. The van der Waals surface area contributed by atoms with Crippen molar-refractivity contribution in [1.29, 1.82) is 0 Å². The normalized spacial score (nSPS) is 19.4. The van der Waals surface area contributed by atoms with E-state index in [1.165, 1.54) is 5.39 Å². The Labute approximate surface area is 124 Å². The summed E-state index contributed by atoms with van der Waals surface area (Å²) in [6, 6.07) is 12.1. The lowest BCUT2D eigenvalue weighted by Crippen LogP contribution is -2.40. The second kappa shape index (κ2) is 5.74. The van der Waals surface area contributed by atoms with Crippen LogP contribution in [0.1, 0.15) is 31.4 Å². The van der Waals surface area contributed by atoms with Crippen LogP contribution in [-0.4, -0.2) is 18.6 Å². The van der Waals surface area contributed by atoms with E-state index < -0.39 is 0 Å². The lowest BCUT2D eigenvalue weighted by Gasteiger charge is -2.22. The van der Waals surface area contributed by atoms with E-state index in [9.17, 15) is 4.79 Å². The van der Waals surface area contributed by atoms with Crippen LogP contribution in [0, 0.1) is 0 Å². The number of nitrogens with two attached hydrogens (primary N) is 1. The molecule has 0 aliphatic carbocycles. The number of nitrogens with one attached hydrogen (secondary N) is 1. The molecule has 1 heterocycles. The number of amides is 1. The van der Waals surface area contributed by atoms with Crippen molar-refractivity contribution in [2.24, 2.45) is 5.73 Å². The van der Waals surface area contributed by atoms with Gasteiger partial charge in [-0.1, -0.05) is 36.4 Å². The first-order chi connectivity index (χ1) is 10.2. The summed E-state index contributed by atoms with van der Waals surface area (Å²) in [5.74, 6) is 0.599. The second-order valence-corrected chi connectivity index (χ2v) is 5.54. The molecule has 4 heteroatoms. The molecule has 0 fully saturated rings. The van der Waals surface area contributed by atoms with Crippen LogP contribution in [-0.2, 0) is 4.79 Å². The summed E-state index contributed by atoms with van der Waals surface area (Å²) < 4.78 is 5.98. The molecule has 0 spiro atoms. The minimum atomic E-state index is -0.354. The van der Waals surface area contributed by atoms with Gasteiger partial charge in [0.1, 0.15) is 5.75 Å². The van der Waals surface area contributed by atoms with Gasteiger partial charge >= 0.3 is 0 Å². The highest BCUT2D eigenvalue weighted by atomic mass is 16.5. The van der Waals surface area contributed by atoms with E-state index in [1.54, 1.807) is 6.92 Å². The van der Waals surface area contributed by atoms with Crippen molar-refractivity contribution in [3.05, 3.63) is 42.0 Å². The molecular formula is C17H20N2O2. The molecule has 0 bridgehead atoms. The van der Waals surface area contributed by atoms with E-state index >= 15 is 0 Å². The number of carbonyl (C=O) groups excluding carboxylic acids is 1. The van der Waals surface area contributed by atoms with Crippen LogP contribution in [0.2, 0.25) is 0 Å². The maximum atomic E-state index is 11.3. The Kier molecular flexibility index (Phi) is 3.80. The number of benzene rings is 2. The van der Waals surface area contributed by atoms with Crippen molar-refractivity contribution in [2.45, 2.75) is 31.8 Å². The third-order valence-corrected chi connectivity index (χ3v) is 4.05. The Bertz CT molecular complexity index is 669. The first-order valence-corrected chi connectivity index (χ1v) is 7.36. The maximum Gasteiger partial charge on any atom is 0.234 e. The monoisotopic (exact) mass is 284 g/mol. The van der Waals surface area contributed by atoms with Crippen molar-refractivity contribution < 1.29 is 9.53 Å². The molecule has 21 heavy (non-hydrogen) atoms. The van der Waals surface area contributed by atoms with Crippen LogP contribution in [0.3, 0.4) is 0 Å². The minimum Gasteiger partial charge on any atom is -0.493 e. The summed E-state index contributed by atoms with van der Waals surface area (Å²) in [4.78, 5) is 11.3. The number of carbonyl (C=O) groups is 1. The summed E-state index contributed by atoms with van der Waals surface area (Å²) in [7, 11) is 0. The molecule has 0 saturated carbocycles. The molecular weight excluding hydrogens is 264 g/mol. The fourth-order valence-electron chi connectivity index (χ4n) is 2.87. The summed E-state index contributed by atoms with van der Waals surface area (Å²) in [5.41, 5.74) is 6.48. The van der Waals surface area contributed by atoms with Crippen LogP contribution >= 0.6 is 0 Å². The summed E-state index contributed by atoms with van der Waals surface area (Å²) in [6.45, 7) is 2.50. The van der Waals surface area contributed by atoms with E-state index in [0.717, 1.165) is 29.5 Å². The van der Waals surface area contributed by atoms with Crippen LogP contribution < -0.4 is 15.8 Å². The zero-order chi connectivity index (χ0) is 14.8. The number of ether oxygens (including phenoxy) is 1. The van der Waals surface area contributed by atoms with Gasteiger partial charge in [0.15, 0.2) is 0 Å². The van der Waals surface area contributed by atoms with Gasteiger partial charge in [0.2, 0.25) is 5.91 Å². The van der Waals surface area contributed by atoms with Crippen molar-refractivity contribution in [3.63, 3.8) is 0 Å². The quantitative estimate of drug-likeness (QED) is 0.910. The molecule has 2 aromatic rings. The van der Waals surface area contributed by atoms with E-state index in [1.807, 2.05) is 12.1 Å². The lowest BCUT2D eigenvalue weighted by atomic mass is 9.97. The first kappa shape index (κ1) is 13.9. The average molecular weight is 284 g/mol. The van der Waals surface area contributed by atoms with Gasteiger partial charge in [-0.25, -0.2) is 0 Å². The molecule has 0 radical (unpaired) electrons. The van der Waals surface area contributed by atoms with Crippen LogP contribution in [0.15, 0.2) is 36.4 Å². The van der Waals surface area contributed by atoms with Gasteiger partial charge in [-0.3, -0.25) is 10.1 Å². The predicted octanol–water partition coefficient (Wildman–Crippen LogP) is 2.52. The zero-order valence-corrected chi connectivity index (χ0v) is 12.1. The summed E-state index contributed by atoms with van der Waals surface area (Å²) in [5, 5.41) is 5.61. The van der Waals surface area contributed by atoms with Gasteiger partial charge in [-0.05, 0) is 25.2 Å². The molecule has 0 saturated heterocycles. The lowest BCUT2D eigenvalue weighted by molar-refractivity contribution is -0.119. The average Bonchev–Trinajstić information content (AvgIpc) is 2.69. The largest absolute Gasteiger partial charge is 0.493 e. The Morgan fingerprint density at radius 2 is 2.14 bits per heavy atom. The molecule has 3 rings (SSSR count). The van der Waals surface area contributed by atoms with Crippen molar-refractivity contribution >= 4 is 16.7 Å². The van der Waals surface area contributed by atoms with Crippen LogP contribution in [0.4, 0.5) is 0 Å². The molecule has 4 nitrogen and oxygen atoms in total.